The zero-order valence-electron chi connectivity index (χ0n) is 37.9. The van der Waals surface area contributed by atoms with E-state index in [0.717, 1.165) is 50.9 Å². The number of para-hydroxylation sites is 2. The zero-order valence-corrected chi connectivity index (χ0v) is 37.9. The predicted molar refractivity (Wildman–Crippen MR) is 285 cm³/mol. The largest absolute Gasteiger partial charge is 0.485 e. The van der Waals surface area contributed by atoms with E-state index in [1.54, 1.807) is 12.4 Å². The third kappa shape index (κ3) is 6.06. The predicted octanol–water partition coefficient (Wildman–Crippen LogP) is 15.7. The number of benzene rings is 7. The van der Waals surface area contributed by atoms with Gasteiger partial charge in [-0.1, -0.05) is 109 Å². The Balaban J connectivity index is 0.812. The molecule has 0 amide bonds. The van der Waals surface area contributed by atoms with Crippen molar-refractivity contribution < 1.29 is 9.15 Å². The van der Waals surface area contributed by atoms with Crippen molar-refractivity contribution in [1.29, 1.82) is 0 Å². The molecule has 3 atom stereocenters. The van der Waals surface area contributed by atoms with Gasteiger partial charge in [0.25, 0.3) is 0 Å². The summed E-state index contributed by atoms with van der Waals surface area (Å²) in [5, 5.41) is 4.57. The molecular weight excluding hydrogens is 857 g/mol. The molecule has 0 spiro atoms. The number of hydrogen-bond acceptors (Lipinski definition) is 5. The topological polar surface area (TPSA) is 56.3 Å². The van der Waals surface area contributed by atoms with Crippen molar-refractivity contribution in [2.24, 2.45) is 0 Å². The summed E-state index contributed by atoms with van der Waals surface area (Å²) < 4.78 is 15.1. The summed E-state index contributed by atoms with van der Waals surface area (Å²) in [7, 11) is 0. The van der Waals surface area contributed by atoms with E-state index in [0.29, 0.717) is 0 Å². The Morgan fingerprint density at radius 1 is 0.529 bits per heavy atom. The number of anilines is 2. The fourth-order valence-electron chi connectivity index (χ4n) is 11.7. The number of fused-ring (bicyclic) bond motifs is 12. The second-order valence-corrected chi connectivity index (χ2v) is 18.9. The summed E-state index contributed by atoms with van der Waals surface area (Å²) in [6.45, 7) is 0. The summed E-state index contributed by atoms with van der Waals surface area (Å²) in [4.78, 5) is 11.2. The van der Waals surface area contributed by atoms with E-state index >= 15 is 0 Å². The van der Waals surface area contributed by atoms with Gasteiger partial charge in [0.05, 0.1) is 17.1 Å². The van der Waals surface area contributed by atoms with Crippen LogP contribution >= 0.6 is 0 Å². The SMILES string of the molecule is C1=CC2C(C=C1c1ccc3c(c1)oc1ccncc13)c1cc(-c3cccc(-c4ccc5c(c4)c4cc(C6=CC=C7c8cnccc8OC7C6)ccc4n5-c4ccccc4)c3)ccc1N2c1ccccc1. The maximum Gasteiger partial charge on any atom is 0.138 e. The quantitative estimate of drug-likeness (QED) is 0.166. The second-order valence-electron chi connectivity index (χ2n) is 18.9. The van der Waals surface area contributed by atoms with Crippen molar-refractivity contribution in [2.45, 2.75) is 24.5 Å². The molecule has 3 unspecified atom stereocenters. The molecule has 70 heavy (non-hydrogen) atoms. The summed E-state index contributed by atoms with van der Waals surface area (Å²) in [6.07, 6.45) is 19.8. The van der Waals surface area contributed by atoms with Crippen molar-refractivity contribution in [2.75, 3.05) is 4.90 Å². The lowest BCUT2D eigenvalue weighted by molar-refractivity contribution is 0.281. The molecule has 330 valence electrons. The van der Waals surface area contributed by atoms with Crippen LogP contribution in [0.15, 0.2) is 229 Å². The van der Waals surface area contributed by atoms with Gasteiger partial charge in [-0.15, -0.1) is 0 Å². The fraction of sp³-hybridized carbons (Fsp3) is 0.0625. The summed E-state index contributed by atoms with van der Waals surface area (Å²) in [5.41, 5.74) is 20.9. The Morgan fingerprint density at radius 2 is 1.24 bits per heavy atom. The van der Waals surface area contributed by atoms with Crippen molar-refractivity contribution >= 4 is 71.8 Å². The third-order valence-electron chi connectivity index (χ3n) is 15.0. The smallest absolute Gasteiger partial charge is 0.138 e. The highest BCUT2D eigenvalue weighted by atomic mass is 16.5. The first-order chi connectivity index (χ1) is 34.7. The number of nitrogens with zero attached hydrogens (tertiary/aromatic N) is 4. The average Bonchev–Trinajstić information content (AvgIpc) is 4.18. The van der Waals surface area contributed by atoms with Crippen LogP contribution in [0, 0.1) is 0 Å². The maximum atomic E-state index is 6.43. The number of aromatic nitrogens is 3. The number of furan rings is 1. The first-order valence-corrected chi connectivity index (χ1v) is 24.1. The van der Waals surface area contributed by atoms with Gasteiger partial charge >= 0.3 is 0 Å². The second kappa shape index (κ2) is 15.3. The standard InChI is InChI=1S/C64H42N4O2/c1-3-10-47(11-4-1)67-57-22-16-41(31-51(57)53-33-43(18-24-59(53)67)45-14-20-49-55-37-65-28-26-61(55)69-63(49)35-45)39-8-7-9-40(30-39)42-17-23-58-52(32-42)54-34-44(19-25-60(54)68(58)48-12-5-2-6-13-48)46-15-21-50-56-38-66-29-27-62(56)70-64(50)36-46/h1-35,37-38,53,59,64H,36H2. The number of pyridine rings is 2. The van der Waals surface area contributed by atoms with Crippen LogP contribution in [0.4, 0.5) is 11.4 Å². The minimum Gasteiger partial charge on any atom is -0.485 e. The van der Waals surface area contributed by atoms with Gasteiger partial charge in [-0.3, -0.25) is 9.97 Å². The molecule has 0 N–H and O–H groups in total. The van der Waals surface area contributed by atoms with Gasteiger partial charge in [0, 0.05) is 86.9 Å². The van der Waals surface area contributed by atoms with Crippen molar-refractivity contribution in [3.63, 3.8) is 0 Å². The molecule has 4 aliphatic rings. The first kappa shape index (κ1) is 39.0. The minimum absolute atomic E-state index is 0.00843. The summed E-state index contributed by atoms with van der Waals surface area (Å²) in [5.74, 6) is 1.06. The Kier molecular flexibility index (Phi) is 8.51. The van der Waals surface area contributed by atoms with Gasteiger partial charge < -0.3 is 18.6 Å². The Morgan fingerprint density at radius 3 is 2.09 bits per heavy atom. The monoisotopic (exact) mass is 898 g/mol. The van der Waals surface area contributed by atoms with Crippen LogP contribution in [0.3, 0.4) is 0 Å². The number of allylic oxidation sites excluding steroid dienone is 4. The molecule has 0 radical (unpaired) electrons. The van der Waals surface area contributed by atoms with Crippen LogP contribution in [-0.4, -0.2) is 26.7 Å². The highest BCUT2D eigenvalue weighted by Gasteiger charge is 2.39. The molecule has 15 rings (SSSR count). The molecule has 0 saturated heterocycles. The normalized spacial score (nSPS) is 17.8. The molecular formula is C64H42N4O2. The van der Waals surface area contributed by atoms with E-state index in [1.165, 1.54) is 83.3 Å². The molecule has 11 aromatic rings. The van der Waals surface area contributed by atoms with Gasteiger partial charge in [-0.25, -0.2) is 0 Å². The molecule has 6 nitrogen and oxygen atoms in total. The van der Waals surface area contributed by atoms with Gasteiger partial charge in [-0.05, 0) is 141 Å². The third-order valence-corrected chi connectivity index (χ3v) is 15.0. The van der Waals surface area contributed by atoms with Crippen LogP contribution in [0.5, 0.6) is 5.75 Å². The molecule has 0 fully saturated rings. The Bertz CT molecular complexity index is 4100. The first-order valence-electron chi connectivity index (χ1n) is 24.1. The van der Waals surface area contributed by atoms with Crippen molar-refractivity contribution in [1.82, 2.24) is 14.5 Å². The van der Waals surface area contributed by atoms with E-state index < -0.39 is 0 Å². The average molecular weight is 899 g/mol. The lowest BCUT2D eigenvalue weighted by Crippen LogP contribution is -2.28. The Labute approximate surface area is 404 Å². The number of hydrogen-bond donors (Lipinski definition) is 0. The summed E-state index contributed by atoms with van der Waals surface area (Å²) >= 11 is 0. The van der Waals surface area contributed by atoms with E-state index in [9.17, 15) is 0 Å². The molecule has 6 heteroatoms. The van der Waals surface area contributed by atoms with E-state index in [2.05, 4.69) is 208 Å². The van der Waals surface area contributed by atoms with E-state index in [1.807, 2.05) is 24.5 Å². The number of ether oxygens (including phenoxy) is 1. The molecule has 2 aliphatic carbocycles. The molecule has 0 bridgehead atoms. The highest BCUT2D eigenvalue weighted by Crippen LogP contribution is 2.51. The summed E-state index contributed by atoms with van der Waals surface area (Å²) in [6, 6.07) is 62.2. The van der Waals surface area contributed by atoms with Crippen molar-refractivity contribution in [3.05, 3.63) is 247 Å². The molecule has 0 saturated carbocycles. The lowest BCUT2D eigenvalue weighted by Gasteiger charge is -2.29. The van der Waals surface area contributed by atoms with Gasteiger partial charge in [-0.2, -0.15) is 0 Å². The van der Waals surface area contributed by atoms with E-state index in [4.69, 9.17) is 9.15 Å². The van der Waals surface area contributed by atoms with Crippen LogP contribution in [0.25, 0.3) is 88.4 Å². The van der Waals surface area contributed by atoms with Crippen LogP contribution in [-0.2, 0) is 0 Å². The van der Waals surface area contributed by atoms with Gasteiger partial charge in [0.2, 0.25) is 0 Å². The Hall–Kier alpha value is -9.00. The number of rotatable bonds is 6. The fourth-order valence-corrected chi connectivity index (χ4v) is 11.7. The minimum atomic E-state index is -0.00843. The van der Waals surface area contributed by atoms with Crippen LogP contribution in [0.2, 0.25) is 0 Å². The van der Waals surface area contributed by atoms with E-state index in [-0.39, 0.29) is 18.1 Å². The van der Waals surface area contributed by atoms with Crippen LogP contribution < -0.4 is 9.64 Å². The lowest BCUT2D eigenvalue weighted by atomic mass is 9.85. The highest BCUT2D eigenvalue weighted by molar-refractivity contribution is 6.11. The zero-order chi connectivity index (χ0) is 45.9. The molecule has 7 aromatic carbocycles. The molecule has 2 aliphatic heterocycles. The van der Waals surface area contributed by atoms with Crippen molar-refractivity contribution in [3.8, 4) is 33.7 Å². The molecule has 6 heterocycles. The maximum absolute atomic E-state index is 6.43. The van der Waals surface area contributed by atoms with Gasteiger partial charge in [0.15, 0.2) is 0 Å². The van der Waals surface area contributed by atoms with Gasteiger partial charge in [0.1, 0.15) is 23.0 Å². The molecule has 4 aromatic heterocycles. The van der Waals surface area contributed by atoms with Crippen LogP contribution in [0.1, 0.15) is 34.6 Å².